The van der Waals surface area contributed by atoms with Gasteiger partial charge < -0.3 is 4.90 Å². The number of carbonyl (C=O) groups is 1. The summed E-state index contributed by atoms with van der Waals surface area (Å²) in [5.74, 6) is -0.404. The Morgan fingerprint density at radius 2 is 2.15 bits per heavy atom. The second-order valence-corrected chi connectivity index (χ2v) is 5.73. The lowest BCUT2D eigenvalue weighted by Crippen LogP contribution is -2.38. The normalized spacial score (nSPS) is 10.7. The number of rotatable bonds is 6. The molecule has 0 aliphatic carbocycles. The summed E-state index contributed by atoms with van der Waals surface area (Å²) in [6.45, 7) is 4.26. The topological polar surface area (TPSA) is 63.5 Å². The highest BCUT2D eigenvalue weighted by Gasteiger charge is 2.28. The summed E-state index contributed by atoms with van der Waals surface area (Å²) < 4.78 is 0. The summed E-state index contributed by atoms with van der Waals surface area (Å²) >= 11 is 9.30. The Bertz CT molecular complexity index is 508. The molecule has 0 spiro atoms. The molecule has 1 rings (SSSR count). The van der Waals surface area contributed by atoms with Gasteiger partial charge in [0.1, 0.15) is 5.56 Å². The molecule has 110 valence electrons. The molecule has 0 aromatic heterocycles. The van der Waals surface area contributed by atoms with Crippen molar-refractivity contribution in [3.05, 3.63) is 38.9 Å². The molecule has 5 nitrogen and oxygen atoms in total. The summed E-state index contributed by atoms with van der Waals surface area (Å²) in [6, 6.07) is 4.19. The Balaban J connectivity index is 3.21. The van der Waals surface area contributed by atoms with E-state index in [0.29, 0.717) is 6.54 Å². The SMILES string of the molecule is CC(C)N(CCCBr)C(=O)c1c(Cl)cccc1[N+](=O)[O-]. The molecule has 0 atom stereocenters. The summed E-state index contributed by atoms with van der Waals surface area (Å²) in [4.78, 5) is 24.6. The summed E-state index contributed by atoms with van der Waals surface area (Å²) in [6.07, 6.45) is 0.766. The van der Waals surface area contributed by atoms with Gasteiger partial charge in [0.2, 0.25) is 0 Å². The van der Waals surface area contributed by atoms with Gasteiger partial charge in [-0.3, -0.25) is 14.9 Å². The third-order valence-electron chi connectivity index (χ3n) is 2.82. The quantitative estimate of drug-likeness (QED) is 0.437. The monoisotopic (exact) mass is 362 g/mol. The van der Waals surface area contributed by atoms with Crippen LogP contribution in [0.3, 0.4) is 0 Å². The van der Waals surface area contributed by atoms with E-state index in [0.717, 1.165) is 11.8 Å². The molecular formula is C13H16BrClN2O3. The molecule has 0 unspecified atom stereocenters. The van der Waals surface area contributed by atoms with E-state index in [-0.39, 0.29) is 22.3 Å². The molecule has 0 bridgehead atoms. The van der Waals surface area contributed by atoms with Crippen molar-refractivity contribution in [1.29, 1.82) is 0 Å². The van der Waals surface area contributed by atoms with Crippen LogP contribution in [0.5, 0.6) is 0 Å². The number of carbonyl (C=O) groups excluding carboxylic acids is 1. The number of benzene rings is 1. The summed E-state index contributed by atoms with van der Waals surface area (Å²) in [5, 5.41) is 11.9. The average Bonchev–Trinajstić information content (AvgIpc) is 2.38. The lowest BCUT2D eigenvalue weighted by atomic mass is 10.1. The van der Waals surface area contributed by atoms with Crippen LogP contribution < -0.4 is 0 Å². The molecule has 0 saturated carbocycles. The molecule has 7 heteroatoms. The number of nitrogens with zero attached hydrogens (tertiary/aromatic N) is 2. The van der Waals surface area contributed by atoms with Crippen LogP contribution in [-0.2, 0) is 0 Å². The van der Waals surface area contributed by atoms with Crippen molar-refractivity contribution in [3.63, 3.8) is 0 Å². The molecule has 1 aromatic carbocycles. The van der Waals surface area contributed by atoms with Crippen LogP contribution in [0.25, 0.3) is 0 Å². The highest BCUT2D eigenvalue weighted by atomic mass is 79.9. The minimum atomic E-state index is -0.581. The highest BCUT2D eigenvalue weighted by Crippen LogP contribution is 2.28. The van der Waals surface area contributed by atoms with E-state index in [1.807, 2.05) is 13.8 Å². The van der Waals surface area contributed by atoms with Gasteiger partial charge in [-0.15, -0.1) is 0 Å². The largest absolute Gasteiger partial charge is 0.336 e. The summed E-state index contributed by atoms with van der Waals surface area (Å²) in [5.41, 5.74) is -0.297. The average molecular weight is 364 g/mol. The minimum absolute atomic E-state index is 0.0394. The van der Waals surface area contributed by atoms with Crippen molar-refractivity contribution < 1.29 is 9.72 Å². The number of alkyl halides is 1. The van der Waals surface area contributed by atoms with Crippen molar-refractivity contribution in [2.24, 2.45) is 0 Å². The van der Waals surface area contributed by atoms with Crippen LogP contribution in [-0.4, -0.2) is 33.6 Å². The first-order valence-electron chi connectivity index (χ1n) is 6.20. The van der Waals surface area contributed by atoms with E-state index in [1.54, 1.807) is 4.90 Å². The molecule has 0 saturated heterocycles. The van der Waals surface area contributed by atoms with E-state index in [4.69, 9.17) is 11.6 Å². The Hall–Kier alpha value is -1.14. The first-order valence-corrected chi connectivity index (χ1v) is 7.70. The first kappa shape index (κ1) is 16.9. The van der Waals surface area contributed by atoms with Gasteiger partial charge in [-0.25, -0.2) is 0 Å². The van der Waals surface area contributed by atoms with Gasteiger partial charge in [0.15, 0.2) is 0 Å². The van der Waals surface area contributed by atoms with Crippen molar-refractivity contribution in [2.45, 2.75) is 26.3 Å². The van der Waals surface area contributed by atoms with Gasteiger partial charge in [0, 0.05) is 24.0 Å². The van der Waals surface area contributed by atoms with E-state index in [9.17, 15) is 14.9 Å². The maximum absolute atomic E-state index is 12.6. The number of hydrogen-bond donors (Lipinski definition) is 0. The highest BCUT2D eigenvalue weighted by molar-refractivity contribution is 9.09. The Kier molecular flexibility index (Phi) is 6.42. The van der Waals surface area contributed by atoms with Crippen LogP contribution in [0.1, 0.15) is 30.6 Å². The Labute approximate surface area is 131 Å². The predicted octanol–water partition coefficient (Wildman–Crippen LogP) is 3.88. The molecule has 0 fully saturated rings. The second kappa shape index (κ2) is 7.59. The molecule has 0 heterocycles. The lowest BCUT2D eigenvalue weighted by Gasteiger charge is -2.26. The van der Waals surface area contributed by atoms with E-state index in [2.05, 4.69) is 15.9 Å². The molecule has 1 amide bonds. The standard InChI is InChI=1S/C13H16BrClN2O3/c1-9(2)16(8-4-7-14)13(18)12-10(15)5-3-6-11(12)17(19)20/h3,5-6,9H,4,7-8H2,1-2H3. The number of nitro benzene ring substituents is 1. The third-order valence-corrected chi connectivity index (χ3v) is 3.69. The first-order chi connectivity index (χ1) is 9.40. The van der Waals surface area contributed by atoms with Crippen LogP contribution >= 0.6 is 27.5 Å². The molecule has 0 aliphatic heterocycles. The maximum atomic E-state index is 12.6. The van der Waals surface area contributed by atoms with Gasteiger partial charge in [-0.2, -0.15) is 0 Å². The van der Waals surface area contributed by atoms with Crippen LogP contribution in [0.4, 0.5) is 5.69 Å². The van der Waals surface area contributed by atoms with E-state index >= 15 is 0 Å². The molecule has 0 aliphatic rings. The smallest absolute Gasteiger partial charge is 0.283 e. The fourth-order valence-corrected chi connectivity index (χ4v) is 2.35. The van der Waals surface area contributed by atoms with Gasteiger partial charge in [0.25, 0.3) is 11.6 Å². The number of nitro groups is 1. The molecular weight excluding hydrogens is 348 g/mol. The minimum Gasteiger partial charge on any atom is -0.336 e. The fraction of sp³-hybridized carbons (Fsp3) is 0.462. The third kappa shape index (κ3) is 3.93. The number of amides is 1. The fourth-order valence-electron chi connectivity index (χ4n) is 1.84. The van der Waals surface area contributed by atoms with Gasteiger partial charge in [-0.05, 0) is 26.3 Å². The van der Waals surface area contributed by atoms with E-state index < -0.39 is 10.8 Å². The predicted molar refractivity (Wildman–Crippen MR) is 82.7 cm³/mol. The van der Waals surface area contributed by atoms with Crippen molar-refractivity contribution in [1.82, 2.24) is 4.90 Å². The van der Waals surface area contributed by atoms with E-state index in [1.165, 1.54) is 18.2 Å². The van der Waals surface area contributed by atoms with Gasteiger partial charge in [-0.1, -0.05) is 33.6 Å². The van der Waals surface area contributed by atoms with Crippen molar-refractivity contribution >= 4 is 39.1 Å². The lowest BCUT2D eigenvalue weighted by molar-refractivity contribution is -0.385. The van der Waals surface area contributed by atoms with Crippen LogP contribution in [0, 0.1) is 10.1 Å². The number of hydrogen-bond acceptors (Lipinski definition) is 3. The van der Waals surface area contributed by atoms with Crippen LogP contribution in [0.2, 0.25) is 5.02 Å². The Morgan fingerprint density at radius 3 is 2.65 bits per heavy atom. The molecule has 1 aromatic rings. The zero-order valence-electron chi connectivity index (χ0n) is 11.3. The maximum Gasteiger partial charge on any atom is 0.283 e. The zero-order valence-corrected chi connectivity index (χ0v) is 13.6. The van der Waals surface area contributed by atoms with Gasteiger partial charge in [0.05, 0.1) is 9.95 Å². The number of halogens is 2. The molecule has 0 N–H and O–H groups in total. The second-order valence-electron chi connectivity index (χ2n) is 4.53. The van der Waals surface area contributed by atoms with Crippen molar-refractivity contribution in [3.8, 4) is 0 Å². The molecule has 0 radical (unpaired) electrons. The zero-order chi connectivity index (χ0) is 15.3. The summed E-state index contributed by atoms with van der Waals surface area (Å²) in [7, 11) is 0. The molecule has 20 heavy (non-hydrogen) atoms. The van der Waals surface area contributed by atoms with Crippen LogP contribution in [0.15, 0.2) is 18.2 Å². The van der Waals surface area contributed by atoms with Crippen molar-refractivity contribution in [2.75, 3.05) is 11.9 Å². The van der Waals surface area contributed by atoms with Gasteiger partial charge >= 0.3 is 0 Å². The Morgan fingerprint density at radius 1 is 1.50 bits per heavy atom.